The first kappa shape index (κ1) is 15.1. The van der Waals surface area contributed by atoms with Gasteiger partial charge in [-0.25, -0.2) is 9.97 Å². The highest BCUT2D eigenvalue weighted by molar-refractivity contribution is 9.10. The SMILES string of the molecule is CCNS(=O)(=O)Nc1ncnc(OCCO)c1Br. The van der Waals surface area contributed by atoms with Gasteiger partial charge in [0.2, 0.25) is 5.88 Å². The lowest BCUT2D eigenvalue weighted by Crippen LogP contribution is -2.30. The molecule has 0 aliphatic heterocycles. The number of halogens is 1. The van der Waals surface area contributed by atoms with Crippen LogP contribution in [0.5, 0.6) is 5.88 Å². The van der Waals surface area contributed by atoms with Crippen molar-refractivity contribution in [1.29, 1.82) is 0 Å². The van der Waals surface area contributed by atoms with Gasteiger partial charge >= 0.3 is 0 Å². The number of ether oxygens (including phenoxy) is 1. The van der Waals surface area contributed by atoms with Gasteiger partial charge < -0.3 is 9.84 Å². The summed E-state index contributed by atoms with van der Waals surface area (Å²) in [6.07, 6.45) is 1.15. The van der Waals surface area contributed by atoms with Crippen LogP contribution in [-0.2, 0) is 10.2 Å². The third-order valence-electron chi connectivity index (χ3n) is 1.65. The van der Waals surface area contributed by atoms with E-state index < -0.39 is 10.2 Å². The Morgan fingerprint density at radius 1 is 1.50 bits per heavy atom. The molecule has 10 heteroatoms. The van der Waals surface area contributed by atoms with E-state index in [1.54, 1.807) is 6.92 Å². The smallest absolute Gasteiger partial charge is 0.300 e. The summed E-state index contributed by atoms with van der Waals surface area (Å²) < 4.78 is 32.8. The minimum absolute atomic E-state index is 0.0506. The Bertz CT molecular complexity index is 496. The molecule has 0 radical (unpaired) electrons. The number of hydrogen-bond donors (Lipinski definition) is 3. The summed E-state index contributed by atoms with van der Waals surface area (Å²) in [7, 11) is -3.67. The average Bonchev–Trinajstić information content (AvgIpc) is 2.30. The number of nitrogens with one attached hydrogen (secondary N) is 2. The molecule has 1 heterocycles. The molecule has 0 spiro atoms. The first-order valence-electron chi connectivity index (χ1n) is 5.01. The van der Waals surface area contributed by atoms with Gasteiger partial charge in [0, 0.05) is 6.54 Å². The van der Waals surface area contributed by atoms with Crippen LogP contribution in [0, 0.1) is 0 Å². The second-order valence-electron chi connectivity index (χ2n) is 3.02. The summed E-state index contributed by atoms with van der Waals surface area (Å²) in [5.41, 5.74) is 0. The summed E-state index contributed by atoms with van der Waals surface area (Å²) in [6, 6.07) is 0. The lowest BCUT2D eigenvalue weighted by molar-refractivity contribution is 0.196. The standard InChI is InChI=1S/C8H13BrN4O4S/c1-2-12-18(15,16)13-7-6(9)8(11-5-10-7)17-4-3-14/h5,12,14H,2-4H2,1H3,(H,10,11,13). The molecule has 0 unspecified atom stereocenters. The third-order valence-corrected chi connectivity index (χ3v) is 3.50. The maximum atomic E-state index is 11.5. The van der Waals surface area contributed by atoms with Crippen molar-refractivity contribution >= 4 is 32.0 Å². The Kier molecular flexibility index (Phi) is 5.72. The van der Waals surface area contributed by atoms with Gasteiger partial charge in [0.05, 0.1) is 6.61 Å². The second-order valence-corrected chi connectivity index (χ2v) is 5.31. The fraction of sp³-hybridized carbons (Fsp3) is 0.500. The van der Waals surface area contributed by atoms with Crippen LogP contribution >= 0.6 is 15.9 Å². The first-order chi connectivity index (χ1) is 8.50. The van der Waals surface area contributed by atoms with Gasteiger partial charge in [-0.15, -0.1) is 0 Å². The lowest BCUT2D eigenvalue weighted by atomic mass is 10.6. The van der Waals surface area contributed by atoms with E-state index in [9.17, 15) is 8.42 Å². The van der Waals surface area contributed by atoms with E-state index in [1.807, 2.05) is 0 Å². The molecule has 0 bridgehead atoms. The molecule has 0 fully saturated rings. The molecule has 0 aliphatic carbocycles. The molecule has 0 aromatic carbocycles. The molecule has 102 valence electrons. The van der Waals surface area contributed by atoms with E-state index in [-0.39, 0.29) is 35.9 Å². The summed E-state index contributed by atoms with van der Waals surface area (Å²) >= 11 is 3.13. The van der Waals surface area contributed by atoms with Crippen molar-refractivity contribution in [3.05, 3.63) is 10.8 Å². The van der Waals surface area contributed by atoms with Gasteiger partial charge in [0.25, 0.3) is 10.2 Å². The molecule has 1 aromatic heterocycles. The maximum absolute atomic E-state index is 11.5. The van der Waals surface area contributed by atoms with E-state index in [1.165, 1.54) is 0 Å². The van der Waals surface area contributed by atoms with Crippen molar-refractivity contribution in [2.45, 2.75) is 6.92 Å². The van der Waals surface area contributed by atoms with Gasteiger partial charge in [0.15, 0.2) is 5.82 Å². The zero-order chi connectivity index (χ0) is 13.6. The highest BCUT2D eigenvalue weighted by Gasteiger charge is 2.15. The second kappa shape index (κ2) is 6.83. The molecule has 18 heavy (non-hydrogen) atoms. The summed E-state index contributed by atoms with van der Waals surface area (Å²) in [4.78, 5) is 7.59. The van der Waals surface area contributed by atoms with E-state index in [0.717, 1.165) is 6.33 Å². The Hall–Kier alpha value is -0.970. The Balaban J connectivity index is 2.90. The maximum Gasteiger partial charge on any atom is 0.300 e. The zero-order valence-electron chi connectivity index (χ0n) is 9.55. The summed E-state index contributed by atoms with van der Waals surface area (Å²) in [5.74, 6) is 0.201. The molecule has 0 atom stereocenters. The molecule has 0 saturated carbocycles. The molecular formula is C8H13BrN4O4S. The van der Waals surface area contributed by atoms with Crippen LogP contribution in [-0.4, -0.2) is 43.3 Å². The molecule has 0 aliphatic rings. The van der Waals surface area contributed by atoms with Gasteiger partial charge in [-0.1, -0.05) is 6.92 Å². The van der Waals surface area contributed by atoms with Crippen LogP contribution in [0.4, 0.5) is 5.82 Å². The van der Waals surface area contributed by atoms with Crippen LogP contribution in [0.15, 0.2) is 10.8 Å². The number of hydrogen-bond acceptors (Lipinski definition) is 6. The summed E-state index contributed by atoms with van der Waals surface area (Å²) in [6.45, 7) is 1.79. The predicted molar refractivity (Wildman–Crippen MR) is 68.5 cm³/mol. The monoisotopic (exact) mass is 340 g/mol. The van der Waals surface area contributed by atoms with Gasteiger partial charge in [0.1, 0.15) is 17.4 Å². The van der Waals surface area contributed by atoms with Crippen molar-refractivity contribution in [2.24, 2.45) is 0 Å². The number of anilines is 1. The largest absolute Gasteiger partial charge is 0.474 e. The Labute approximate surface area is 113 Å². The molecular weight excluding hydrogens is 328 g/mol. The first-order valence-corrected chi connectivity index (χ1v) is 7.29. The zero-order valence-corrected chi connectivity index (χ0v) is 12.0. The van der Waals surface area contributed by atoms with Gasteiger partial charge in [-0.2, -0.15) is 13.1 Å². The fourth-order valence-electron chi connectivity index (χ4n) is 1.02. The molecule has 1 rings (SSSR count). The Morgan fingerprint density at radius 3 is 2.83 bits per heavy atom. The van der Waals surface area contributed by atoms with Crippen molar-refractivity contribution < 1.29 is 18.3 Å². The van der Waals surface area contributed by atoms with Crippen LogP contribution in [0.1, 0.15) is 6.92 Å². The molecule has 0 saturated heterocycles. The van der Waals surface area contributed by atoms with Crippen molar-refractivity contribution in [2.75, 3.05) is 24.5 Å². The fourth-order valence-corrected chi connectivity index (χ4v) is 2.43. The molecule has 8 nitrogen and oxygen atoms in total. The molecule has 3 N–H and O–H groups in total. The number of rotatable bonds is 7. The van der Waals surface area contributed by atoms with Crippen LogP contribution in [0.25, 0.3) is 0 Å². The van der Waals surface area contributed by atoms with Crippen molar-refractivity contribution in [3.8, 4) is 5.88 Å². The highest BCUT2D eigenvalue weighted by Crippen LogP contribution is 2.28. The van der Waals surface area contributed by atoms with Crippen LogP contribution in [0.3, 0.4) is 0 Å². The van der Waals surface area contributed by atoms with Crippen molar-refractivity contribution in [3.63, 3.8) is 0 Å². The predicted octanol–water partition coefficient (Wildman–Crippen LogP) is -0.124. The highest BCUT2D eigenvalue weighted by atomic mass is 79.9. The number of aliphatic hydroxyl groups excluding tert-OH is 1. The topological polar surface area (TPSA) is 113 Å². The lowest BCUT2D eigenvalue weighted by Gasteiger charge is -2.10. The van der Waals surface area contributed by atoms with E-state index >= 15 is 0 Å². The summed E-state index contributed by atoms with van der Waals surface area (Å²) in [5, 5.41) is 8.64. The van der Waals surface area contributed by atoms with E-state index in [2.05, 4.69) is 35.3 Å². The Morgan fingerprint density at radius 2 is 2.22 bits per heavy atom. The third kappa shape index (κ3) is 4.37. The van der Waals surface area contributed by atoms with Crippen LogP contribution in [0.2, 0.25) is 0 Å². The minimum Gasteiger partial charge on any atom is -0.474 e. The molecule has 0 amide bonds. The number of aromatic nitrogens is 2. The van der Waals surface area contributed by atoms with Gasteiger partial charge in [-0.3, -0.25) is 4.72 Å². The van der Waals surface area contributed by atoms with Gasteiger partial charge in [-0.05, 0) is 15.9 Å². The van der Waals surface area contributed by atoms with Crippen LogP contribution < -0.4 is 14.2 Å². The average molecular weight is 341 g/mol. The minimum atomic E-state index is -3.67. The van der Waals surface area contributed by atoms with E-state index in [0.29, 0.717) is 0 Å². The van der Waals surface area contributed by atoms with Crippen molar-refractivity contribution in [1.82, 2.24) is 14.7 Å². The number of nitrogens with zero attached hydrogens (tertiary/aromatic N) is 2. The normalized spacial score (nSPS) is 11.3. The van der Waals surface area contributed by atoms with E-state index in [4.69, 9.17) is 9.84 Å². The number of aliphatic hydroxyl groups is 1. The quantitative estimate of drug-likeness (QED) is 0.637. The molecule has 1 aromatic rings.